The Bertz CT molecular complexity index is 1220. The van der Waals surface area contributed by atoms with Crippen molar-refractivity contribution in [3.8, 4) is 16.9 Å². The molecule has 1 aliphatic heterocycles. The highest BCUT2D eigenvalue weighted by molar-refractivity contribution is 7.86. The summed E-state index contributed by atoms with van der Waals surface area (Å²) in [6, 6.07) is 14.2. The number of rotatable bonds is 5. The predicted molar refractivity (Wildman–Crippen MR) is 124 cm³/mol. The lowest BCUT2D eigenvalue weighted by molar-refractivity contribution is 0.128. The summed E-state index contributed by atoms with van der Waals surface area (Å²) in [5, 5.41) is 0.737. The van der Waals surface area contributed by atoms with Crippen molar-refractivity contribution in [1.29, 1.82) is 0 Å². The number of fused-ring (bicyclic) bond motifs is 1. The summed E-state index contributed by atoms with van der Waals surface area (Å²) in [6.45, 7) is 1.71. The fourth-order valence-electron chi connectivity index (χ4n) is 3.72. The van der Waals surface area contributed by atoms with Crippen LogP contribution in [0.4, 0.5) is 4.39 Å². The molecule has 0 spiro atoms. The highest BCUT2D eigenvalue weighted by Gasteiger charge is 2.26. The Hall–Kier alpha value is -2.12. The van der Waals surface area contributed by atoms with Crippen molar-refractivity contribution in [1.82, 2.24) is 0 Å². The molecule has 0 fully saturated rings. The Balaban J connectivity index is 1.63. The van der Waals surface area contributed by atoms with Gasteiger partial charge >= 0.3 is 0 Å². The van der Waals surface area contributed by atoms with E-state index in [1.54, 1.807) is 30.3 Å². The van der Waals surface area contributed by atoms with Gasteiger partial charge in [0.1, 0.15) is 24.3 Å². The average Bonchev–Trinajstić information content (AvgIpc) is 2.94. The van der Waals surface area contributed by atoms with Gasteiger partial charge in [-0.2, -0.15) is 8.42 Å². The van der Waals surface area contributed by atoms with Gasteiger partial charge < -0.3 is 4.74 Å². The molecule has 0 unspecified atom stereocenters. The lowest BCUT2D eigenvalue weighted by Crippen LogP contribution is -2.24. The smallest absolute Gasteiger partial charge is 0.297 e. The molecule has 1 heterocycles. The van der Waals surface area contributed by atoms with E-state index in [0.717, 1.165) is 5.56 Å². The van der Waals surface area contributed by atoms with Gasteiger partial charge in [-0.25, -0.2) is 4.39 Å². The topological polar surface area (TPSA) is 52.6 Å². The van der Waals surface area contributed by atoms with Crippen LogP contribution in [0.2, 0.25) is 10.0 Å². The molecule has 0 aromatic heterocycles. The minimum absolute atomic E-state index is 0.0859. The molecule has 32 heavy (non-hydrogen) atoms. The average molecular weight is 495 g/mol. The first-order valence-corrected chi connectivity index (χ1v) is 12.3. The molecule has 0 N–H and O–H groups in total. The number of hydrogen-bond acceptors (Lipinski definition) is 4. The Morgan fingerprint density at radius 2 is 1.78 bits per heavy atom. The Kier molecular flexibility index (Phi) is 6.77. The molecule has 1 aliphatic rings. The lowest BCUT2D eigenvalue weighted by Gasteiger charge is -2.21. The van der Waals surface area contributed by atoms with Crippen molar-refractivity contribution in [3.05, 3.63) is 81.6 Å². The number of halogens is 3. The van der Waals surface area contributed by atoms with E-state index in [1.807, 2.05) is 6.92 Å². The number of hydrogen-bond donors (Lipinski definition) is 0. The van der Waals surface area contributed by atoms with Crippen LogP contribution in [0.25, 0.3) is 11.1 Å². The number of ether oxygens (including phenoxy) is 1. The van der Waals surface area contributed by atoms with Crippen LogP contribution in [0.15, 0.2) is 59.5 Å². The Morgan fingerprint density at radius 3 is 2.47 bits per heavy atom. The van der Waals surface area contributed by atoms with E-state index in [2.05, 4.69) is 0 Å². The summed E-state index contributed by atoms with van der Waals surface area (Å²) < 4.78 is 51.1. The molecule has 0 amide bonds. The summed E-state index contributed by atoms with van der Waals surface area (Å²) in [7, 11) is -3.93. The summed E-state index contributed by atoms with van der Waals surface area (Å²) in [4.78, 5) is 0.0859. The van der Waals surface area contributed by atoms with Gasteiger partial charge in [0.25, 0.3) is 10.1 Å². The third-order valence-electron chi connectivity index (χ3n) is 5.34. The number of benzene rings is 3. The van der Waals surface area contributed by atoms with E-state index in [0.29, 0.717) is 51.7 Å². The maximum absolute atomic E-state index is 14.4. The first-order chi connectivity index (χ1) is 15.2. The van der Waals surface area contributed by atoms with Crippen molar-refractivity contribution in [2.45, 2.75) is 37.2 Å². The van der Waals surface area contributed by atoms with Gasteiger partial charge in [-0.05, 0) is 68.1 Å². The quantitative estimate of drug-likeness (QED) is 0.375. The van der Waals surface area contributed by atoms with E-state index >= 15 is 0 Å². The first-order valence-electron chi connectivity index (χ1n) is 10.1. The third kappa shape index (κ3) is 4.94. The third-order valence-corrected chi connectivity index (χ3v) is 7.26. The van der Waals surface area contributed by atoms with Crippen LogP contribution < -0.4 is 4.74 Å². The summed E-state index contributed by atoms with van der Waals surface area (Å²) in [5.74, 6) is 0.0234. The largest absolute Gasteiger partial charge is 0.487 e. The second kappa shape index (κ2) is 9.40. The van der Waals surface area contributed by atoms with Crippen LogP contribution >= 0.6 is 23.2 Å². The minimum atomic E-state index is -3.93. The molecule has 4 nitrogen and oxygen atoms in total. The molecule has 4 rings (SSSR count). The summed E-state index contributed by atoms with van der Waals surface area (Å²) >= 11 is 12.7. The molecular weight excluding hydrogens is 474 g/mol. The summed E-state index contributed by atoms with van der Waals surface area (Å²) in [6.07, 6.45) is 1.27. The summed E-state index contributed by atoms with van der Waals surface area (Å²) in [5.41, 5.74) is 2.54. The van der Waals surface area contributed by atoms with Gasteiger partial charge in [-0.3, -0.25) is 4.18 Å². The van der Waals surface area contributed by atoms with Crippen molar-refractivity contribution in [3.63, 3.8) is 0 Å². The van der Waals surface area contributed by atoms with E-state index in [9.17, 15) is 12.8 Å². The molecular formula is C24H21Cl2FO4S. The second-order valence-electron chi connectivity index (χ2n) is 7.72. The molecule has 3 aromatic carbocycles. The van der Waals surface area contributed by atoms with Crippen LogP contribution in [0.5, 0.6) is 5.75 Å². The van der Waals surface area contributed by atoms with Crippen LogP contribution in [0.1, 0.15) is 24.0 Å². The predicted octanol–water partition coefficient (Wildman–Crippen LogP) is 6.60. The lowest BCUT2D eigenvalue weighted by atomic mass is 9.98. The SMILES string of the molecule is Cc1ccc(S(=O)(=O)OC[C@H]2CCCc3cc(F)cc(-c4c(Cl)cccc4Cl)c3O2)cc1. The molecule has 0 radical (unpaired) electrons. The molecule has 0 bridgehead atoms. The molecule has 3 aromatic rings. The normalized spacial score (nSPS) is 16.2. The van der Waals surface area contributed by atoms with Crippen molar-refractivity contribution in [2.24, 2.45) is 0 Å². The van der Waals surface area contributed by atoms with E-state index in [4.69, 9.17) is 32.1 Å². The van der Waals surface area contributed by atoms with Gasteiger partial charge in [0.05, 0.1) is 14.9 Å². The highest BCUT2D eigenvalue weighted by atomic mass is 35.5. The van der Waals surface area contributed by atoms with E-state index in [-0.39, 0.29) is 11.5 Å². The van der Waals surface area contributed by atoms with Gasteiger partial charge in [-0.15, -0.1) is 0 Å². The van der Waals surface area contributed by atoms with E-state index in [1.165, 1.54) is 24.3 Å². The fourth-order valence-corrected chi connectivity index (χ4v) is 5.25. The molecule has 8 heteroatoms. The molecule has 0 saturated carbocycles. The van der Waals surface area contributed by atoms with Crippen molar-refractivity contribution in [2.75, 3.05) is 6.61 Å². The standard InChI is InChI=1S/C24H21Cl2FO4S/c1-15-8-10-19(11-9-15)32(28,29)30-14-18-5-2-4-16-12-17(27)13-20(24(16)31-18)23-21(25)6-3-7-22(23)26/h3,6-13,18H,2,4-5,14H2,1H3/t18-/m1/s1. The van der Waals surface area contributed by atoms with Crippen molar-refractivity contribution < 1.29 is 21.7 Å². The molecule has 168 valence electrons. The maximum atomic E-state index is 14.4. The monoisotopic (exact) mass is 494 g/mol. The molecule has 0 saturated heterocycles. The Morgan fingerprint density at radius 1 is 1.09 bits per heavy atom. The minimum Gasteiger partial charge on any atom is -0.487 e. The van der Waals surface area contributed by atoms with Crippen LogP contribution in [0, 0.1) is 12.7 Å². The van der Waals surface area contributed by atoms with Crippen LogP contribution in [-0.4, -0.2) is 21.1 Å². The highest BCUT2D eigenvalue weighted by Crippen LogP contribution is 2.43. The second-order valence-corrected chi connectivity index (χ2v) is 10.2. The van der Waals surface area contributed by atoms with Gasteiger partial charge in [0.15, 0.2) is 0 Å². The van der Waals surface area contributed by atoms with Gasteiger partial charge in [0, 0.05) is 11.1 Å². The Labute approximate surface area is 197 Å². The van der Waals surface area contributed by atoms with E-state index < -0.39 is 22.0 Å². The fraction of sp³-hybridized carbons (Fsp3) is 0.250. The zero-order valence-electron chi connectivity index (χ0n) is 17.3. The zero-order valence-corrected chi connectivity index (χ0v) is 19.6. The van der Waals surface area contributed by atoms with Gasteiger partial charge in [0.2, 0.25) is 0 Å². The van der Waals surface area contributed by atoms with Crippen molar-refractivity contribution >= 4 is 33.3 Å². The first kappa shape index (κ1) is 23.1. The molecule has 0 aliphatic carbocycles. The van der Waals surface area contributed by atoms with Crippen LogP contribution in [0.3, 0.4) is 0 Å². The van der Waals surface area contributed by atoms with Gasteiger partial charge in [-0.1, -0.05) is 47.0 Å². The zero-order chi connectivity index (χ0) is 22.9. The molecule has 1 atom stereocenters. The maximum Gasteiger partial charge on any atom is 0.297 e. The van der Waals surface area contributed by atoms with Crippen LogP contribution in [-0.2, 0) is 20.7 Å². The number of aryl methyl sites for hydroxylation is 2.